The molecule has 2 aromatic carbocycles. The van der Waals surface area contributed by atoms with Gasteiger partial charge in [0.05, 0.1) is 5.69 Å². The molecule has 3 atom stereocenters. The van der Waals surface area contributed by atoms with Gasteiger partial charge in [-0.15, -0.1) is 11.8 Å². The molecule has 0 aromatic heterocycles. The van der Waals surface area contributed by atoms with Crippen molar-refractivity contribution in [2.75, 3.05) is 23.7 Å². The van der Waals surface area contributed by atoms with Crippen molar-refractivity contribution >= 4 is 34.9 Å². The van der Waals surface area contributed by atoms with Gasteiger partial charge in [-0.1, -0.05) is 31.0 Å². The van der Waals surface area contributed by atoms with E-state index in [4.69, 9.17) is 16.9 Å². The molecule has 2 aliphatic rings. The Hall–Kier alpha value is -2.51. The second-order valence-electron chi connectivity index (χ2n) is 9.68. The van der Waals surface area contributed by atoms with Crippen molar-refractivity contribution in [2.45, 2.75) is 74.6 Å². The van der Waals surface area contributed by atoms with Crippen molar-refractivity contribution in [1.29, 1.82) is 5.41 Å². The highest BCUT2D eigenvalue weighted by Crippen LogP contribution is 2.47. The molecule has 6 nitrogen and oxygen atoms in total. The molecule has 5 N–H and O–H groups in total. The van der Waals surface area contributed by atoms with Crippen LogP contribution in [0.1, 0.15) is 68.7 Å². The van der Waals surface area contributed by atoms with Crippen LogP contribution in [0.2, 0.25) is 0 Å². The first-order valence-corrected chi connectivity index (χ1v) is 13.3. The lowest BCUT2D eigenvalue weighted by molar-refractivity contribution is -0.118. The zero-order valence-corrected chi connectivity index (χ0v) is 21.1. The number of nitrogens with two attached hydrogens (primary N) is 2. The molecule has 1 fully saturated rings. The number of anilines is 2. The van der Waals surface area contributed by atoms with E-state index < -0.39 is 0 Å². The van der Waals surface area contributed by atoms with Crippen molar-refractivity contribution in [1.82, 2.24) is 4.90 Å². The molecule has 7 heteroatoms. The Balaban J connectivity index is 1.45. The second kappa shape index (κ2) is 10.8. The summed E-state index contributed by atoms with van der Waals surface area (Å²) in [4.78, 5) is 19.3. The molecule has 0 aliphatic carbocycles. The van der Waals surface area contributed by atoms with Gasteiger partial charge in [0.15, 0.2) is 0 Å². The Labute approximate surface area is 207 Å². The standard InChI is InChI=1S/C27H37N5OS/c1-18-8-6-9-19(2)31(18)14-4-3-5-15-32-23-17-22(28)12-13-24(23)34-25(27(32)33)20-10-7-11-21(16-20)26(29)30/h7,10-13,16-19,25H,3-6,8-9,14-15,28H2,1-2H3,(H3,29,30)/t18-,19+,25?. The number of rotatable bonds is 8. The van der Waals surface area contributed by atoms with Gasteiger partial charge in [0.1, 0.15) is 11.1 Å². The molecule has 2 aromatic rings. The Morgan fingerprint density at radius 2 is 1.79 bits per heavy atom. The molecule has 182 valence electrons. The molecule has 0 spiro atoms. The maximum Gasteiger partial charge on any atom is 0.245 e. The predicted molar refractivity (Wildman–Crippen MR) is 143 cm³/mol. The van der Waals surface area contributed by atoms with Gasteiger partial charge in [-0.2, -0.15) is 0 Å². The van der Waals surface area contributed by atoms with E-state index in [9.17, 15) is 4.79 Å². The van der Waals surface area contributed by atoms with E-state index in [1.807, 2.05) is 41.3 Å². The molecule has 1 unspecified atom stereocenters. The van der Waals surface area contributed by atoms with Gasteiger partial charge in [0.2, 0.25) is 5.91 Å². The fraction of sp³-hybridized carbons (Fsp3) is 0.481. The van der Waals surface area contributed by atoms with E-state index in [2.05, 4.69) is 18.7 Å². The van der Waals surface area contributed by atoms with Crippen LogP contribution in [0.5, 0.6) is 0 Å². The SMILES string of the molecule is C[C@@H]1CCC[C@H](C)N1CCCCCN1C(=O)C(c2cccc(C(=N)N)c2)Sc2ccc(N)cc21. The topological polar surface area (TPSA) is 99.4 Å². The molecule has 0 saturated carbocycles. The zero-order chi connectivity index (χ0) is 24.2. The van der Waals surface area contributed by atoms with E-state index in [1.165, 1.54) is 19.3 Å². The van der Waals surface area contributed by atoms with E-state index >= 15 is 0 Å². The third-order valence-corrected chi connectivity index (χ3v) is 8.49. The first-order chi connectivity index (χ1) is 16.3. The number of likely N-dealkylation sites (tertiary alicyclic amines) is 1. The highest BCUT2D eigenvalue weighted by molar-refractivity contribution is 8.00. The van der Waals surface area contributed by atoms with Gasteiger partial charge < -0.3 is 16.4 Å². The van der Waals surface area contributed by atoms with Crippen LogP contribution in [0.15, 0.2) is 47.4 Å². The number of amides is 1. The van der Waals surface area contributed by atoms with Crippen molar-refractivity contribution in [3.8, 4) is 0 Å². The Morgan fingerprint density at radius 3 is 2.53 bits per heavy atom. The molecule has 0 bridgehead atoms. The van der Waals surface area contributed by atoms with E-state index in [-0.39, 0.29) is 17.0 Å². The molecule has 34 heavy (non-hydrogen) atoms. The largest absolute Gasteiger partial charge is 0.399 e. The third kappa shape index (κ3) is 5.41. The molecule has 2 aliphatic heterocycles. The lowest BCUT2D eigenvalue weighted by Gasteiger charge is -2.39. The summed E-state index contributed by atoms with van der Waals surface area (Å²) < 4.78 is 0. The van der Waals surface area contributed by atoms with Gasteiger partial charge in [-0.25, -0.2) is 0 Å². The van der Waals surface area contributed by atoms with Crippen molar-refractivity contribution < 1.29 is 4.79 Å². The van der Waals surface area contributed by atoms with Crippen LogP contribution < -0.4 is 16.4 Å². The summed E-state index contributed by atoms with van der Waals surface area (Å²) >= 11 is 1.55. The average molecular weight is 480 g/mol. The molecular weight excluding hydrogens is 442 g/mol. The molecular formula is C27H37N5OS. The number of amidine groups is 1. The van der Waals surface area contributed by atoms with Crippen LogP contribution in [-0.2, 0) is 4.79 Å². The first-order valence-electron chi connectivity index (χ1n) is 12.4. The normalized spacial score (nSPS) is 23.1. The maximum absolute atomic E-state index is 13.6. The summed E-state index contributed by atoms with van der Waals surface area (Å²) in [6.45, 7) is 6.52. The number of piperidine rings is 1. The number of benzene rings is 2. The van der Waals surface area contributed by atoms with Crippen LogP contribution >= 0.6 is 11.8 Å². The third-order valence-electron chi connectivity index (χ3n) is 7.18. The number of hydrogen-bond acceptors (Lipinski definition) is 5. The van der Waals surface area contributed by atoms with Gasteiger partial charge in [-0.05, 0) is 75.9 Å². The Bertz CT molecular complexity index is 1030. The Kier molecular flexibility index (Phi) is 7.84. The van der Waals surface area contributed by atoms with Crippen LogP contribution in [-0.4, -0.2) is 41.8 Å². The summed E-state index contributed by atoms with van der Waals surface area (Å²) in [5, 5.41) is 7.41. The lowest BCUT2D eigenvalue weighted by Crippen LogP contribution is -2.44. The average Bonchev–Trinajstić information content (AvgIpc) is 2.81. The van der Waals surface area contributed by atoms with Gasteiger partial charge in [-0.3, -0.25) is 15.1 Å². The molecule has 1 saturated heterocycles. The number of carbonyl (C=O) groups is 1. The number of thioether (sulfide) groups is 1. The smallest absolute Gasteiger partial charge is 0.245 e. The quantitative estimate of drug-likeness (QED) is 0.210. The molecule has 4 rings (SSSR count). The van der Waals surface area contributed by atoms with E-state index in [0.717, 1.165) is 42.0 Å². The number of fused-ring (bicyclic) bond motifs is 1. The van der Waals surface area contributed by atoms with E-state index in [1.54, 1.807) is 17.8 Å². The number of hydrogen-bond donors (Lipinski definition) is 3. The zero-order valence-electron chi connectivity index (χ0n) is 20.3. The number of nitrogens with one attached hydrogen (secondary N) is 1. The molecule has 2 heterocycles. The van der Waals surface area contributed by atoms with Crippen molar-refractivity contribution in [3.05, 3.63) is 53.6 Å². The lowest BCUT2D eigenvalue weighted by atomic mass is 9.97. The number of nitrogens with zero attached hydrogens (tertiary/aromatic N) is 2. The summed E-state index contributed by atoms with van der Waals surface area (Å²) in [5.74, 6) is 0.0829. The molecule has 0 radical (unpaired) electrons. The fourth-order valence-electron chi connectivity index (χ4n) is 5.25. The monoisotopic (exact) mass is 479 g/mol. The fourth-order valence-corrected chi connectivity index (χ4v) is 6.45. The predicted octanol–water partition coefficient (Wildman–Crippen LogP) is 5.17. The highest BCUT2D eigenvalue weighted by Gasteiger charge is 2.34. The second-order valence-corrected chi connectivity index (χ2v) is 10.8. The van der Waals surface area contributed by atoms with Crippen molar-refractivity contribution in [2.24, 2.45) is 5.73 Å². The minimum absolute atomic E-state index is 0.0116. The van der Waals surface area contributed by atoms with Gasteiger partial charge >= 0.3 is 0 Å². The van der Waals surface area contributed by atoms with E-state index in [0.29, 0.717) is 29.9 Å². The number of nitrogen functional groups attached to an aromatic ring is 2. The summed E-state index contributed by atoms with van der Waals surface area (Å²) in [6, 6.07) is 14.6. The van der Waals surface area contributed by atoms with Crippen LogP contribution in [0.3, 0.4) is 0 Å². The summed E-state index contributed by atoms with van der Waals surface area (Å²) in [7, 11) is 0. The van der Waals surface area contributed by atoms with Crippen LogP contribution in [0, 0.1) is 5.41 Å². The van der Waals surface area contributed by atoms with Gasteiger partial charge in [0, 0.05) is 34.8 Å². The minimum Gasteiger partial charge on any atom is -0.399 e. The Morgan fingerprint density at radius 1 is 1.06 bits per heavy atom. The highest BCUT2D eigenvalue weighted by atomic mass is 32.2. The summed E-state index contributed by atoms with van der Waals surface area (Å²) in [5.41, 5.74) is 14.9. The molecule has 1 amide bonds. The number of unbranched alkanes of at least 4 members (excludes halogenated alkanes) is 2. The first kappa shape index (κ1) is 24.6. The van der Waals surface area contributed by atoms with Crippen molar-refractivity contribution in [3.63, 3.8) is 0 Å². The summed E-state index contributed by atoms with van der Waals surface area (Å²) in [6.07, 6.45) is 7.14. The maximum atomic E-state index is 13.6. The van der Waals surface area contributed by atoms with Crippen LogP contribution in [0.25, 0.3) is 0 Å². The minimum atomic E-state index is -0.356. The number of carbonyl (C=O) groups excluding carboxylic acids is 1. The van der Waals surface area contributed by atoms with Crippen LogP contribution in [0.4, 0.5) is 11.4 Å². The van der Waals surface area contributed by atoms with Gasteiger partial charge in [0.25, 0.3) is 0 Å².